The second-order valence-electron chi connectivity index (χ2n) is 5.99. The Morgan fingerprint density at radius 2 is 2.00 bits per heavy atom. The lowest BCUT2D eigenvalue weighted by molar-refractivity contribution is 0.0238. The molecule has 1 aliphatic rings. The van der Waals surface area contributed by atoms with E-state index in [0.29, 0.717) is 12.2 Å². The van der Waals surface area contributed by atoms with Crippen molar-refractivity contribution in [1.82, 2.24) is 10.3 Å². The van der Waals surface area contributed by atoms with Crippen molar-refractivity contribution in [2.75, 3.05) is 19.8 Å². The van der Waals surface area contributed by atoms with Crippen LogP contribution in [0.2, 0.25) is 0 Å². The summed E-state index contributed by atoms with van der Waals surface area (Å²) in [5.74, 6) is -0.103. The van der Waals surface area contributed by atoms with E-state index in [-0.39, 0.29) is 11.3 Å². The number of carbonyl (C=O) groups is 1. The first-order valence-electron chi connectivity index (χ1n) is 7.38. The number of para-hydroxylation sites is 1. The minimum Gasteiger partial charge on any atom is -0.381 e. The maximum absolute atomic E-state index is 12.3. The first kappa shape index (κ1) is 14.0. The van der Waals surface area contributed by atoms with Crippen LogP contribution in [0.25, 0.3) is 10.9 Å². The van der Waals surface area contributed by atoms with Crippen LogP contribution in [0.1, 0.15) is 30.3 Å². The van der Waals surface area contributed by atoms with Crippen LogP contribution in [0.5, 0.6) is 0 Å². The van der Waals surface area contributed by atoms with Crippen molar-refractivity contribution in [3.63, 3.8) is 0 Å². The average Bonchev–Trinajstić information content (AvgIpc) is 2.53. The Hall–Kier alpha value is -1.94. The molecule has 0 radical (unpaired) electrons. The number of fused-ring (bicyclic) bond motifs is 1. The van der Waals surface area contributed by atoms with E-state index in [1.807, 2.05) is 30.3 Å². The highest BCUT2D eigenvalue weighted by atomic mass is 16.5. The molecule has 4 heteroatoms. The van der Waals surface area contributed by atoms with Crippen molar-refractivity contribution in [2.24, 2.45) is 5.41 Å². The zero-order valence-electron chi connectivity index (χ0n) is 12.3. The first-order chi connectivity index (χ1) is 10.2. The van der Waals surface area contributed by atoms with Gasteiger partial charge in [0.25, 0.3) is 5.91 Å². The Morgan fingerprint density at radius 3 is 2.81 bits per heavy atom. The standard InChI is InChI=1S/C17H20N2O2/c1-17(8-10-21-11-9-17)12-18-16(20)15-7-6-13-4-2-3-5-14(13)19-15/h2-7H,8-12H2,1H3,(H,18,20). The van der Waals surface area contributed by atoms with Crippen molar-refractivity contribution in [2.45, 2.75) is 19.8 Å². The van der Waals surface area contributed by atoms with Crippen molar-refractivity contribution >= 4 is 16.8 Å². The summed E-state index contributed by atoms with van der Waals surface area (Å²) in [6.45, 7) is 4.43. The molecule has 0 aliphatic carbocycles. The smallest absolute Gasteiger partial charge is 0.269 e. The van der Waals surface area contributed by atoms with Gasteiger partial charge in [-0.1, -0.05) is 31.2 Å². The summed E-state index contributed by atoms with van der Waals surface area (Å²) >= 11 is 0. The van der Waals surface area contributed by atoms with Crippen LogP contribution < -0.4 is 5.32 Å². The molecule has 2 aromatic rings. The second kappa shape index (κ2) is 5.82. The first-order valence-corrected chi connectivity index (χ1v) is 7.38. The quantitative estimate of drug-likeness (QED) is 0.943. The topological polar surface area (TPSA) is 51.2 Å². The predicted molar refractivity (Wildman–Crippen MR) is 82.2 cm³/mol. The van der Waals surface area contributed by atoms with E-state index in [2.05, 4.69) is 17.2 Å². The molecule has 1 aliphatic heterocycles. The molecule has 21 heavy (non-hydrogen) atoms. The lowest BCUT2D eigenvalue weighted by atomic mass is 9.82. The van der Waals surface area contributed by atoms with Gasteiger partial charge in [-0.15, -0.1) is 0 Å². The third kappa shape index (κ3) is 3.22. The average molecular weight is 284 g/mol. The highest BCUT2D eigenvalue weighted by Crippen LogP contribution is 2.28. The fourth-order valence-electron chi connectivity index (χ4n) is 2.62. The van der Waals surface area contributed by atoms with Crippen LogP contribution in [-0.4, -0.2) is 30.6 Å². The molecule has 2 heterocycles. The lowest BCUT2D eigenvalue weighted by Gasteiger charge is -2.33. The van der Waals surface area contributed by atoms with Gasteiger partial charge in [-0.2, -0.15) is 0 Å². The van der Waals surface area contributed by atoms with Gasteiger partial charge in [0.15, 0.2) is 0 Å². The number of hydrogen-bond donors (Lipinski definition) is 1. The monoisotopic (exact) mass is 284 g/mol. The Bertz CT molecular complexity index is 648. The number of nitrogens with zero attached hydrogens (tertiary/aromatic N) is 1. The predicted octanol–water partition coefficient (Wildman–Crippen LogP) is 2.78. The van der Waals surface area contributed by atoms with Crippen LogP contribution in [0, 0.1) is 5.41 Å². The fraction of sp³-hybridized carbons (Fsp3) is 0.412. The maximum atomic E-state index is 12.3. The zero-order valence-corrected chi connectivity index (χ0v) is 12.3. The van der Waals surface area contributed by atoms with Gasteiger partial charge in [-0.05, 0) is 30.4 Å². The van der Waals surface area contributed by atoms with E-state index in [9.17, 15) is 4.79 Å². The normalized spacial score (nSPS) is 17.6. The second-order valence-corrected chi connectivity index (χ2v) is 5.99. The number of amides is 1. The van der Waals surface area contributed by atoms with Gasteiger partial charge < -0.3 is 10.1 Å². The van der Waals surface area contributed by atoms with Crippen molar-refractivity contribution in [1.29, 1.82) is 0 Å². The van der Waals surface area contributed by atoms with Crippen LogP contribution in [-0.2, 0) is 4.74 Å². The van der Waals surface area contributed by atoms with Crippen molar-refractivity contribution in [3.8, 4) is 0 Å². The highest BCUT2D eigenvalue weighted by molar-refractivity contribution is 5.94. The molecule has 1 aromatic heterocycles. The molecule has 1 amide bonds. The third-order valence-electron chi connectivity index (χ3n) is 4.21. The number of ether oxygens (including phenoxy) is 1. The molecule has 0 spiro atoms. The number of carbonyl (C=O) groups excluding carboxylic acids is 1. The molecule has 0 saturated carbocycles. The number of pyridine rings is 1. The fourth-order valence-corrected chi connectivity index (χ4v) is 2.62. The van der Waals surface area contributed by atoms with Crippen molar-refractivity contribution in [3.05, 3.63) is 42.1 Å². The minimum absolute atomic E-state index is 0.103. The molecule has 4 nitrogen and oxygen atoms in total. The van der Waals surface area contributed by atoms with Gasteiger partial charge in [-0.25, -0.2) is 4.98 Å². The molecule has 0 bridgehead atoms. The van der Waals surface area contributed by atoms with Crippen LogP contribution >= 0.6 is 0 Å². The molecule has 0 atom stereocenters. The molecule has 110 valence electrons. The Labute approximate surface area is 124 Å². The summed E-state index contributed by atoms with van der Waals surface area (Å²) in [6.07, 6.45) is 1.97. The molecule has 0 unspecified atom stereocenters. The number of rotatable bonds is 3. The van der Waals surface area contributed by atoms with E-state index in [4.69, 9.17) is 4.74 Å². The molecule has 1 saturated heterocycles. The molecular formula is C17H20N2O2. The van der Waals surface area contributed by atoms with E-state index < -0.39 is 0 Å². The summed E-state index contributed by atoms with van der Waals surface area (Å²) in [6, 6.07) is 11.5. The van der Waals surface area contributed by atoms with Gasteiger partial charge >= 0.3 is 0 Å². The number of hydrogen-bond acceptors (Lipinski definition) is 3. The summed E-state index contributed by atoms with van der Waals surface area (Å²) in [7, 11) is 0. The Morgan fingerprint density at radius 1 is 1.24 bits per heavy atom. The van der Waals surface area contributed by atoms with Gasteiger partial charge in [0.1, 0.15) is 5.69 Å². The SMILES string of the molecule is CC1(CNC(=O)c2ccc3ccccc3n2)CCOCC1. The molecular weight excluding hydrogens is 264 g/mol. The summed E-state index contributed by atoms with van der Waals surface area (Å²) in [5.41, 5.74) is 1.46. The minimum atomic E-state index is -0.103. The van der Waals surface area contributed by atoms with Gasteiger partial charge in [0.05, 0.1) is 5.52 Å². The molecule has 1 N–H and O–H groups in total. The number of benzene rings is 1. The highest BCUT2D eigenvalue weighted by Gasteiger charge is 2.27. The van der Waals surface area contributed by atoms with Crippen LogP contribution in [0.4, 0.5) is 0 Å². The van der Waals surface area contributed by atoms with Gasteiger partial charge in [0, 0.05) is 25.1 Å². The van der Waals surface area contributed by atoms with Gasteiger partial charge in [-0.3, -0.25) is 4.79 Å². The molecule has 1 aromatic carbocycles. The van der Waals surface area contributed by atoms with Gasteiger partial charge in [0.2, 0.25) is 0 Å². The van der Waals surface area contributed by atoms with E-state index in [1.165, 1.54) is 0 Å². The maximum Gasteiger partial charge on any atom is 0.269 e. The van der Waals surface area contributed by atoms with Crippen LogP contribution in [0.15, 0.2) is 36.4 Å². The van der Waals surface area contributed by atoms with Crippen molar-refractivity contribution < 1.29 is 9.53 Å². The Kier molecular flexibility index (Phi) is 3.88. The third-order valence-corrected chi connectivity index (χ3v) is 4.21. The van der Waals surface area contributed by atoms with E-state index >= 15 is 0 Å². The van der Waals surface area contributed by atoms with E-state index in [1.54, 1.807) is 6.07 Å². The largest absolute Gasteiger partial charge is 0.381 e. The van der Waals surface area contributed by atoms with E-state index in [0.717, 1.165) is 37.0 Å². The van der Waals surface area contributed by atoms with Crippen LogP contribution in [0.3, 0.4) is 0 Å². The Balaban J connectivity index is 1.69. The summed E-state index contributed by atoms with van der Waals surface area (Å²) in [4.78, 5) is 16.7. The molecule has 1 fully saturated rings. The summed E-state index contributed by atoms with van der Waals surface area (Å²) < 4.78 is 5.38. The zero-order chi connectivity index (χ0) is 14.7. The lowest BCUT2D eigenvalue weighted by Crippen LogP contribution is -2.39. The molecule has 3 rings (SSSR count). The number of nitrogens with one attached hydrogen (secondary N) is 1. The summed E-state index contributed by atoms with van der Waals surface area (Å²) in [5, 5.41) is 4.06. The number of aromatic nitrogens is 1.